The number of nitrogens with zero attached hydrogens (tertiary/aromatic N) is 3. The van der Waals surface area contributed by atoms with Gasteiger partial charge in [0, 0.05) is 62.4 Å². The van der Waals surface area contributed by atoms with Gasteiger partial charge in [0.2, 0.25) is 0 Å². The molecule has 258 valence electrons. The number of fused-ring (bicyclic) bond motifs is 9. The first-order valence-electron chi connectivity index (χ1n) is 19.5. The quantitative estimate of drug-likeness (QED) is 0.182. The van der Waals surface area contributed by atoms with Crippen LogP contribution in [0.3, 0.4) is 0 Å². The Morgan fingerprint density at radius 3 is 1.56 bits per heavy atom. The number of rotatable bonds is 3. The van der Waals surface area contributed by atoms with Gasteiger partial charge in [0.1, 0.15) is 0 Å². The van der Waals surface area contributed by atoms with E-state index in [0.29, 0.717) is 11.8 Å². The van der Waals surface area contributed by atoms with Crippen molar-refractivity contribution in [3.63, 3.8) is 0 Å². The molecule has 4 saturated carbocycles. The highest BCUT2D eigenvalue weighted by Crippen LogP contribution is 2.69. The topological polar surface area (TPSA) is 38.7 Å². The van der Waals surface area contributed by atoms with Gasteiger partial charge in [-0.15, -0.1) is 22.7 Å². The Bertz CT molecular complexity index is 2880. The summed E-state index contributed by atoms with van der Waals surface area (Å²) in [7, 11) is 0. The molecular formula is C49H35N3S2. The van der Waals surface area contributed by atoms with Crippen molar-refractivity contribution in [2.45, 2.75) is 37.5 Å². The molecule has 0 amide bonds. The van der Waals surface area contributed by atoms with E-state index in [-0.39, 0.29) is 5.41 Å². The molecule has 0 N–H and O–H groups in total. The van der Waals surface area contributed by atoms with Gasteiger partial charge in [0.15, 0.2) is 17.5 Å². The Balaban J connectivity index is 1.08. The highest BCUT2D eigenvalue weighted by atomic mass is 32.1. The molecule has 6 aromatic carbocycles. The summed E-state index contributed by atoms with van der Waals surface area (Å²) < 4.78 is 5.07. The van der Waals surface area contributed by atoms with Gasteiger partial charge in [-0.1, -0.05) is 97.1 Å². The molecule has 3 aromatic heterocycles. The van der Waals surface area contributed by atoms with Crippen LogP contribution in [0.1, 0.15) is 43.2 Å². The predicted octanol–water partition coefficient (Wildman–Crippen LogP) is 13.3. The Morgan fingerprint density at radius 1 is 0.426 bits per heavy atom. The predicted molar refractivity (Wildman–Crippen MR) is 225 cm³/mol. The summed E-state index contributed by atoms with van der Waals surface area (Å²) in [6, 6.07) is 47.2. The van der Waals surface area contributed by atoms with Gasteiger partial charge in [-0.3, -0.25) is 0 Å². The number of thiophene rings is 2. The molecule has 5 heteroatoms. The van der Waals surface area contributed by atoms with Crippen LogP contribution in [0.25, 0.3) is 85.6 Å². The van der Waals surface area contributed by atoms with Crippen molar-refractivity contribution in [1.82, 2.24) is 15.0 Å². The summed E-state index contributed by atoms with van der Waals surface area (Å²) in [4.78, 5) is 16.3. The first-order valence-corrected chi connectivity index (χ1v) is 21.2. The van der Waals surface area contributed by atoms with Crippen molar-refractivity contribution >= 4 is 63.0 Å². The zero-order valence-corrected chi connectivity index (χ0v) is 31.3. The molecule has 4 bridgehead atoms. The van der Waals surface area contributed by atoms with Crippen LogP contribution in [0.15, 0.2) is 127 Å². The van der Waals surface area contributed by atoms with E-state index >= 15 is 0 Å². The summed E-state index contributed by atoms with van der Waals surface area (Å²) in [5.41, 5.74) is 9.24. The van der Waals surface area contributed by atoms with Gasteiger partial charge in [-0.2, -0.15) is 0 Å². The second-order valence-electron chi connectivity index (χ2n) is 16.3. The molecule has 54 heavy (non-hydrogen) atoms. The average Bonchev–Trinajstić information content (AvgIpc) is 3.88. The third-order valence-corrected chi connectivity index (χ3v) is 16.0. The van der Waals surface area contributed by atoms with Gasteiger partial charge in [0.25, 0.3) is 0 Å². The lowest BCUT2D eigenvalue weighted by atomic mass is 9.43. The Morgan fingerprint density at radius 2 is 0.926 bits per heavy atom. The van der Waals surface area contributed by atoms with Crippen molar-refractivity contribution < 1.29 is 0 Å². The molecule has 3 heterocycles. The number of hydrogen-bond donors (Lipinski definition) is 0. The van der Waals surface area contributed by atoms with Crippen LogP contribution >= 0.6 is 22.7 Å². The smallest absolute Gasteiger partial charge is 0.164 e. The molecule has 9 aromatic rings. The van der Waals surface area contributed by atoms with E-state index in [0.717, 1.165) is 46.0 Å². The maximum Gasteiger partial charge on any atom is 0.164 e. The van der Waals surface area contributed by atoms with Crippen molar-refractivity contribution in [2.24, 2.45) is 23.7 Å². The molecule has 0 aliphatic heterocycles. The average molecular weight is 730 g/mol. The van der Waals surface area contributed by atoms with Crippen LogP contribution in [0.5, 0.6) is 0 Å². The van der Waals surface area contributed by atoms with E-state index in [9.17, 15) is 0 Å². The minimum Gasteiger partial charge on any atom is -0.208 e. The molecule has 5 aliphatic rings. The fourth-order valence-corrected chi connectivity index (χ4v) is 14.2. The fourth-order valence-electron chi connectivity index (χ4n) is 12.0. The zero-order chi connectivity index (χ0) is 35.1. The molecule has 5 aliphatic carbocycles. The van der Waals surface area contributed by atoms with Crippen LogP contribution in [0.2, 0.25) is 0 Å². The molecule has 0 unspecified atom stereocenters. The van der Waals surface area contributed by atoms with Crippen molar-refractivity contribution in [3.05, 3.63) is 139 Å². The third kappa shape index (κ3) is 3.99. The maximum absolute atomic E-state index is 5.45. The summed E-state index contributed by atoms with van der Waals surface area (Å²) in [5, 5.41) is 4.94. The fraction of sp³-hybridized carbons (Fsp3) is 0.204. The minimum atomic E-state index is 0.0798. The van der Waals surface area contributed by atoms with Gasteiger partial charge in [-0.25, -0.2) is 15.0 Å². The van der Waals surface area contributed by atoms with Crippen LogP contribution in [0.4, 0.5) is 0 Å². The van der Waals surface area contributed by atoms with Gasteiger partial charge in [0.05, 0.1) is 0 Å². The lowest BCUT2D eigenvalue weighted by molar-refractivity contribution is -0.0399. The van der Waals surface area contributed by atoms with Gasteiger partial charge < -0.3 is 0 Å². The normalized spacial score (nSPS) is 23.6. The summed E-state index contributed by atoms with van der Waals surface area (Å²) in [6.45, 7) is 0. The Hall–Kier alpha value is -5.23. The minimum absolute atomic E-state index is 0.0798. The van der Waals surface area contributed by atoms with E-state index in [1.807, 2.05) is 22.7 Å². The van der Waals surface area contributed by atoms with E-state index in [1.165, 1.54) is 89.1 Å². The molecule has 14 rings (SSSR count). The SMILES string of the molecule is c1ccc2c(c1)-c1ccc(-c3nc(-c4cccc5sc6ccccc6c45)nc(-c4cccc5sc6ccccc6c45)n3)cc1C21C2CC3CC(C2)CC1C3. The largest absolute Gasteiger partial charge is 0.208 e. The first-order chi connectivity index (χ1) is 26.7. The third-order valence-electron chi connectivity index (χ3n) is 13.7. The molecule has 0 saturated heterocycles. The van der Waals surface area contributed by atoms with Crippen LogP contribution < -0.4 is 0 Å². The van der Waals surface area contributed by atoms with E-state index in [1.54, 1.807) is 5.56 Å². The van der Waals surface area contributed by atoms with Crippen LogP contribution in [0, 0.1) is 23.7 Å². The molecule has 0 atom stereocenters. The number of benzene rings is 6. The number of aromatic nitrogens is 3. The highest BCUT2D eigenvalue weighted by Gasteiger charge is 2.61. The van der Waals surface area contributed by atoms with Crippen molar-refractivity contribution in [3.8, 4) is 45.3 Å². The lowest BCUT2D eigenvalue weighted by Gasteiger charge is -2.61. The lowest BCUT2D eigenvalue weighted by Crippen LogP contribution is -2.55. The second-order valence-corrected chi connectivity index (χ2v) is 18.5. The van der Waals surface area contributed by atoms with Crippen molar-refractivity contribution in [2.75, 3.05) is 0 Å². The monoisotopic (exact) mass is 729 g/mol. The van der Waals surface area contributed by atoms with Crippen LogP contribution in [-0.4, -0.2) is 15.0 Å². The molecule has 0 radical (unpaired) electrons. The van der Waals surface area contributed by atoms with Crippen LogP contribution in [-0.2, 0) is 5.41 Å². The molecule has 1 spiro atoms. The Kier molecular flexibility index (Phi) is 6.10. The maximum atomic E-state index is 5.45. The summed E-state index contributed by atoms with van der Waals surface area (Å²) in [5.74, 6) is 5.41. The Labute approximate surface area is 321 Å². The van der Waals surface area contributed by atoms with E-state index in [2.05, 4.69) is 127 Å². The molecular weight excluding hydrogens is 695 g/mol. The highest BCUT2D eigenvalue weighted by molar-refractivity contribution is 7.26. The molecule has 4 fully saturated rings. The first kappa shape index (κ1) is 30.1. The summed E-state index contributed by atoms with van der Waals surface area (Å²) in [6.07, 6.45) is 6.90. The van der Waals surface area contributed by atoms with Gasteiger partial charge >= 0.3 is 0 Å². The van der Waals surface area contributed by atoms with Gasteiger partial charge in [-0.05, 0) is 108 Å². The van der Waals surface area contributed by atoms with E-state index < -0.39 is 0 Å². The second kappa shape index (κ2) is 10.9. The van der Waals surface area contributed by atoms with Crippen molar-refractivity contribution in [1.29, 1.82) is 0 Å². The zero-order valence-electron chi connectivity index (χ0n) is 29.6. The summed E-state index contributed by atoms with van der Waals surface area (Å²) >= 11 is 3.67. The standard InChI is InChI=1S/C49H35N3S2/c1-4-14-38-32(9-1)33-20-19-29(26-39(33)49(38)30-22-27-21-28(24-30)25-31(49)23-27)46-50-47(36-12-7-17-42-44(36)34-10-2-5-15-40(34)53-42)52-48(51-46)37-13-8-18-43-45(37)35-11-3-6-16-41(35)54-43/h1-20,26-28,30-31H,21-25H2. The van der Waals surface area contributed by atoms with E-state index in [4.69, 9.17) is 15.0 Å². The number of hydrogen-bond acceptors (Lipinski definition) is 5. The molecule has 3 nitrogen and oxygen atoms in total.